The highest BCUT2D eigenvalue weighted by Gasteiger charge is 1.99. The average molecular weight is 280 g/mol. The zero-order chi connectivity index (χ0) is 15.1. The summed E-state index contributed by atoms with van der Waals surface area (Å²) in [7, 11) is 0. The average Bonchev–Trinajstić information content (AvgIpc) is 2.52. The molecular weight excluding hydrogens is 264 g/mol. The van der Waals surface area contributed by atoms with Gasteiger partial charge >= 0.3 is 0 Å². The minimum atomic E-state index is -0.492. The maximum absolute atomic E-state index is 10.6. The van der Waals surface area contributed by atoms with Crippen molar-refractivity contribution in [3.05, 3.63) is 59.7 Å². The number of primary amides is 1. The Morgan fingerprint density at radius 1 is 1.24 bits per heavy atom. The molecule has 0 spiro atoms. The zero-order valence-corrected chi connectivity index (χ0v) is 11.5. The molecule has 4 nitrogen and oxygen atoms in total. The van der Waals surface area contributed by atoms with Gasteiger partial charge in [-0.15, -0.1) is 6.42 Å². The van der Waals surface area contributed by atoms with Crippen molar-refractivity contribution in [3.8, 4) is 18.1 Å². The number of hydrogen-bond acceptors (Lipinski definition) is 3. The SMILES string of the molecule is C#Cc1cccc(NCc2ccc(OCC(N)=O)cc2)c1. The lowest BCUT2D eigenvalue weighted by molar-refractivity contribution is -0.119. The van der Waals surface area contributed by atoms with Crippen LogP contribution in [0.4, 0.5) is 5.69 Å². The van der Waals surface area contributed by atoms with Gasteiger partial charge in [-0.25, -0.2) is 0 Å². The smallest absolute Gasteiger partial charge is 0.255 e. The summed E-state index contributed by atoms with van der Waals surface area (Å²) in [6.07, 6.45) is 5.37. The minimum absolute atomic E-state index is 0.115. The van der Waals surface area contributed by atoms with Crippen LogP contribution in [-0.2, 0) is 11.3 Å². The number of anilines is 1. The van der Waals surface area contributed by atoms with Gasteiger partial charge < -0.3 is 15.8 Å². The summed E-state index contributed by atoms with van der Waals surface area (Å²) in [4.78, 5) is 10.6. The summed E-state index contributed by atoms with van der Waals surface area (Å²) < 4.78 is 5.20. The predicted molar refractivity (Wildman–Crippen MR) is 82.8 cm³/mol. The first-order chi connectivity index (χ1) is 10.2. The molecule has 4 heteroatoms. The van der Waals surface area contributed by atoms with E-state index in [4.69, 9.17) is 16.9 Å². The number of carbonyl (C=O) groups is 1. The molecule has 2 aromatic carbocycles. The van der Waals surface area contributed by atoms with Gasteiger partial charge in [-0.1, -0.05) is 24.1 Å². The molecule has 0 saturated heterocycles. The molecule has 0 bridgehead atoms. The first-order valence-electron chi connectivity index (χ1n) is 6.48. The van der Waals surface area contributed by atoms with Gasteiger partial charge in [-0.05, 0) is 35.9 Å². The third-order valence-corrected chi connectivity index (χ3v) is 2.83. The quantitative estimate of drug-likeness (QED) is 0.797. The van der Waals surface area contributed by atoms with Gasteiger partial charge in [0.05, 0.1) is 0 Å². The highest BCUT2D eigenvalue weighted by atomic mass is 16.5. The van der Waals surface area contributed by atoms with E-state index in [0.29, 0.717) is 12.3 Å². The van der Waals surface area contributed by atoms with Crippen molar-refractivity contribution in [3.63, 3.8) is 0 Å². The Morgan fingerprint density at radius 2 is 2.00 bits per heavy atom. The van der Waals surface area contributed by atoms with E-state index in [-0.39, 0.29) is 6.61 Å². The van der Waals surface area contributed by atoms with E-state index in [0.717, 1.165) is 16.8 Å². The van der Waals surface area contributed by atoms with Crippen LogP contribution in [0.15, 0.2) is 48.5 Å². The molecule has 0 aliphatic heterocycles. The Hall–Kier alpha value is -2.93. The molecule has 0 fully saturated rings. The molecule has 106 valence electrons. The lowest BCUT2D eigenvalue weighted by Crippen LogP contribution is -2.19. The summed E-state index contributed by atoms with van der Waals surface area (Å²) in [6, 6.07) is 15.1. The van der Waals surface area contributed by atoms with Crippen LogP contribution in [0.2, 0.25) is 0 Å². The molecule has 1 amide bonds. The number of terminal acetylenes is 1. The minimum Gasteiger partial charge on any atom is -0.484 e. The van der Waals surface area contributed by atoms with Gasteiger partial charge in [0.2, 0.25) is 0 Å². The molecule has 0 aromatic heterocycles. The van der Waals surface area contributed by atoms with E-state index in [1.165, 1.54) is 0 Å². The van der Waals surface area contributed by atoms with Gasteiger partial charge in [0.1, 0.15) is 5.75 Å². The molecule has 0 atom stereocenters. The summed E-state index contributed by atoms with van der Waals surface area (Å²) in [5, 5.41) is 3.29. The molecule has 2 rings (SSSR count). The highest BCUT2D eigenvalue weighted by molar-refractivity contribution is 5.75. The predicted octanol–water partition coefficient (Wildman–Crippen LogP) is 2.14. The summed E-state index contributed by atoms with van der Waals surface area (Å²) in [5.41, 5.74) is 7.92. The Bertz CT molecular complexity index is 657. The third kappa shape index (κ3) is 4.59. The lowest BCUT2D eigenvalue weighted by Gasteiger charge is -2.08. The van der Waals surface area contributed by atoms with E-state index in [9.17, 15) is 4.79 Å². The molecule has 0 radical (unpaired) electrons. The van der Waals surface area contributed by atoms with Crippen LogP contribution in [0.3, 0.4) is 0 Å². The normalized spacial score (nSPS) is 9.67. The van der Waals surface area contributed by atoms with E-state index in [2.05, 4.69) is 11.2 Å². The van der Waals surface area contributed by atoms with E-state index < -0.39 is 5.91 Å². The van der Waals surface area contributed by atoms with Gasteiger partial charge in [-0.2, -0.15) is 0 Å². The fraction of sp³-hybridized carbons (Fsp3) is 0.118. The molecule has 2 aromatic rings. The maximum atomic E-state index is 10.6. The fourth-order valence-corrected chi connectivity index (χ4v) is 1.78. The van der Waals surface area contributed by atoms with Gasteiger partial charge in [0.25, 0.3) is 5.91 Å². The van der Waals surface area contributed by atoms with Crippen LogP contribution in [0.25, 0.3) is 0 Å². The van der Waals surface area contributed by atoms with Gasteiger partial charge in [0, 0.05) is 17.8 Å². The van der Waals surface area contributed by atoms with Crippen molar-refractivity contribution in [1.29, 1.82) is 0 Å². The highest BCUT2D eigenvalue weighted by Crippen LogP contribution is 2.15. The van der Waals surface area contributed by atoms with Crippen molar-refractivity contribution < 1.29 is 9.53 Å². The number of nitrogens with two attached hydrogens (primary N) is 1. The van der Waals surface area contributed by atoms with Crippen LogP contribution in [0.1, 0.15) is 11.1 Å². The molecule has 0 unspecified atom stereocenters. The van der Waals surface area contributed by atoms with Crippen molar-refractivity contribution in [2.24, 2.45) is 5.73 Å². The first-order valence-corrected chi connectivity index (χ1v) is 6.48. The maximum Gasteiger partial charge on any atom is 0.255 e. The number of rotatable bonds is 6. The summed E-state index contributed by atoms with van der Waals surface area (Å²) in [6.45, 7) is 0.556. The Morgan fingerprint density at radius 3 is 2.67 bits per heavy atom. The zero-order valence-electron chi connectivity index (χ0n) is 11.5. The largest absolute Gasteiger partial charge is 0.484 e. The molecule has 3 N–H and O–H groups in total. The molecule has 0 aliphatic rings. The number of hydrogen-bond donors (Lipinski definition) is 2. The number of ether oxygens (including phenoxy) is 1. The van der Waals surface area contributed by atoms with Crippen molar-refractivity contribution in [2.75, 3.05) is 11.9 Å². The second kappa shape index (κ2) is 7.01. The summed E-state index contributed by atoms with van der Waals surface area (Å²) >= 11 is 0. The summed E-state index contributed by atoms with van der Waals surface area (Å²) in [5.74, 6) is 2.73. The van der Waals surface area contributed by atoms with E-state index in [1.54, 1.807) is 12.1 Å². The van der Waals surface area contributed by atoms with Gasteiger partial charge in [-0.3, -0.25) is 4.79 Å². The van der Waals surface area contributed by atoms with Crippen LogP contribution in [0.5, 0.6) is 5.75 Å². The standard InChI is InChI=1S/C17H16N2O2/c1-2-13-4-3-5-15(10-13)19-11-14-6-8-16(9-7-14)21-12-17(18)20/h1,3-10,19H,11-12H2,(H2,18,20). The molecule has 21 heavy (non-hydrogen) atoms. The van der Waals surface area contributed by atoms with Gasteiger partial charge in [0.15, 0.2) is 6.61 Å². The van der Waals surface area contributed by atoms with Crippen LogP contribution in [0, 0.1) is 12.3 Å². The number of benzene rings is 2. The topological polar surface area (TPSA) is 64.3 Å². The van der Waals surface area contributed by atoms with Crippen LogP contribution >= 0.6 is 0 Å². The molecule has 0 saturated carbocycles. The number of nitrogens with one attached hydrogen (secondary N) is 1. The van der Waals surface area contributed by atoms with E-state index >= 15 is 0 Å². The number of carbonyl (C=O) groups excluding carboxylic acids is 1. The second-order valence-electron chi connectivity index (χ2n) is 4.48. The third-order valence-electron chi connectivity index (χ3n) is 2.83. The molecular formula is C17H16N2O2. The van der Waals surface area contributed by atoms with Crippen molar-refractivity contribution in [1.82, 2.24) is 0 Å². The second-order valence-corrected chi connectivity index (χ2v) is 4.48. The van der Waals surface area contributed by atoms with Crippen molar-refractivity contribution >= 4 is 11.6 Å². The Balaban J connectivity index is 1.91. The van der Waals surface area contributed by atoms with Crippen molar-refractivity contribution in [2.45, 2.75) is 6.54 Å². The molecule has 0 aliphatic carbocycles. The van der Waals surface area contributed by atoms with Crippen LogP contribution < -0.4 is 15.8 Å². The van der Waals surface area contributed by atoms with E-state index in [1.807, 2.05) is 36.4 Å². The Labute approximate surface area is 123 Å². The monoisotopic (exact) mass is 280 g/mol. The number of amides is 1. The lowest BCUT2D eigenvalue weighted by atomic mass is 10.2. The first kappa shape index (κ1) is 14.5. The van der Waals surface area contributed by atoms with Crippen LogP contribution in [-0.4, -0.2) is 12.5 Å². The fourth-order valence-electron chi connectivity index (χ4n) is 1.78. The molecule has 0 heterocycles. The Kier molecular flexibility index (Phi) is 4.84.